The number of hydrogen-bond donors (Lipinski definition) is 0. The minimum atomic E-state index is -0.686. The summed E-state index contributed by atoms with van der Waals surface area (Å²) in [5.41, 5.74) is 0.452. The monoisotopic (exact) mass is 389 g/mol. The quantitative estimate of drug-likeness (QED) is 0.666. The van der Waals surface area contributed by atoms with Gasteiger partial charge in [-0.05, 0) is 46.1 Å². The highest BCUT2D eigenvalue weighted by atomic mass is 16.6. The third-order valence-corrected chi connectivity index (χ3v) is 4.81. The first-order valence-corrected chi connectivity index (χ1v) is 9.83. The zero-order chi connectivity index (χ0) is 20.7. The molecule has 28 heavy (non-hydrogen) atoms. The van der Waals surface area contributed by atoms with Gasteiger partial charge in [0.05, 0.1) is 12.5 Å². The smallest absolute Gasteiger partial charge is 0.410 e. The van der Waals surface area contributed by atoms with E-state index in [4.69, 9.17) is 9.47 Å². The number of ketones is 2. The number of carbonyl (C=O) groups is 3. The van der Waals surface area contributed by atoms with Crippen molar-refractivity contribution in [3.8, 4) is 0 Å². The van der Waals surface area contributed by atoms with E-state index in [2.05, 4.69) is 0 Å². The highest BCUT2D eigenvalue weighted by Gasteiger charge is 2.33. The molecule has 1 saturated heterocycles. The maximum absolute atomic E-state index is 12.7. The summed E-state index contributed by atoms with van der Waals surface area (Å²) in [6.07, 6.45) is 0.762. The molecule has 1 aromatic carbocycles. The minimum absolute atomic E-state index is 0.0582. The molecule has 0 N–H and O–H groups in total. The SMILES string of the molecule is CC(C(=O)COCc1ccccc1)C(=O)C1CCN(C(=O)OC(C)(C)C)CC1. The van der Waals surface area contributed by atoms with E-state index in [1.807, 2.05) is 51.1 Å². The number of Topliss-reactive ketones (excluding diaryl/α,β-unsaturated/α-hetero) is 2. The van der Waals surface area contributed by atoms with Gasteiger partial charge in [0.1, 0.15) is 18.0 Å². The second-order valence-corrected chi connectivity index (χ2v) is 8.31. The standard InChI is InChI=1S/C22H31NO5/c1-16(19(24)15-27-14-17-8-6-5-7-9-17)20(25)18-10-12-23(13-11-18)21(26)28-22(2,3)4/h5-9,16,18H,10-15H2,1-4H3. The lowest BCUT2D eigenvalue weighted by atomic mass is 9.85. The highest BCUT2D eigenvalue weighted by Crippen LogP contribution is 2.23. The van der Waals surface area contributed by atoms with E-state index in [0.29, 0.717) is 32.5 Å². The fourth-order valence-corrected chi connectivity index (χ4v) is 3.15. The Labute approximate surface area is 167 Å². The van der Waals surface area contributed by atoms with Crippen molar-refractivity contribution in [3.05, 3.63) is 35.9 Å². The summed E-state index contributed by atoms with van der Waals surface area (Å²) in [7, 11) is 0. The van der Waals surface area contributed by atoms with Gasteiger partial charge in [-0.15, -0.1) is 0 Å². The van der Waals surface area contributed by atoms with Crippen LogP contribution in [0.1, 0.15) is 46.1 Å². The van der Waals surface area contributed by atoms with Crippen LogP contribution in [0.5, 0.6) is 0 Å². The second kappa shape index (κ2) is 9.82. The molecule has 6 heteroatoms. The lowest BCUT2D eigenvalue weighted by Gasteiger charge is -2.33. The molecule has 1 amide bonds. The van der Waals surface area contributed by atoms with Crippen LogP contribution in [-0.4, -0.2) is 47.9 Å². The molecule has 1 heterocycles. The van der Waals surface area contributed by atoms with Gasteiger partial charge in [-0.2, -0.15) is 0 Å². The van der Waals surface area contributed by atoms with Gasteiger partial charge < -0.3 is 14.4 Å². The normalized spacial score (nSPS) is 16.5. The number of benzene rings is 1. The van der Waals surface area contributed by atoms with Crippen molar-refractivity contribution in [1.29, 1.82) is 0 Å². The molecular weight excluding hydrogens is 358 g/mol. The van der Waals surface area contributed by atoms with Crippen LogP contribution in [0.2, 0.25) is 0 Å². The molecule has 154 valence electrons. The average molecular weight is 389 g/mol. The number of hydrogen-bond acceptors (Lipinski definition) is 5. The lowest BCUT2D eigenvalue weighted by Crippen LogP contribution is -2.44. The van der Waals surface area contributed by atoms with Crippen LogP contribution in [0.4, 0.5) is 4.79 Å². The third-order valence-electron chi connectivity index (χ3n) is 4.81. The van der Waals surface area contributed by atoms with Gasteiger partial charge in [-0.25, -0.2) is 4.79 Å². The largest absolute Gasteiger partial charge is 0.444 e. The fourth-order valence-electron chi connectivity index (χ4n) is 3.15. The van der Waals surface area contributed by atoms with E-state index in [9.17, 15) is 14.4 Å². The van der Waals surface area contributed by atoms with E-state index in [1.54, 1.807) is 11.8 Å². The van der Waals surface area contributed by atoms with Crippen LogP contribution < -0.4 is 0 Å². The van der Waals surface area contributed by atoms with Crippen molar-refractivity contribution in [3.63, 3.8) is 0 Å². The Morgan fingerprint density at radius 3 is 2.29 bits per heavy atom. The second-order valence-electron chi connectivity index (χ2n) is 8.31. The van der Waals surface area contributed by atoms with Crippen LogP contribution in [-0.2, 0) is 25.7 Å². The first-order chi connectivity index (χ1) is 13.2. The van der Waals surface area contributed by atoms with Crippen molar-refractivity contribution in [2.75, 3.05) is 19.7 Å². The van der Waals surface area contributed by atoms with E-state index in [1.165, 1.54) is 0 Å². The molecule has 6 nitrogen and oxygen atoms in total. The number of rotatable bonds is 7. The van der Waals surface area contributed by atoms with Crippen LogP contribution in [0, 0.1) is 11.8 Å². The summed E-state index contributed by atoms with van der Waals surface area (Å²) >= 11 is 0. The number of piperidine rings is 1. The van der Waals surface area contributed by atoms with Gasteiger partial charge >= 0.3 is 6.09 Å². The molecule has 1 unspecified atom stereocenters. The molecule has 1 atom stereocenters. The summed E-state index contributed by atoms with van der Waals surface area (Å²) in [5.74, 6) is -1.15. The number of carbonyl (C=O) groups excluding carboxylic acids is 3. The number of nitrogens with zero attached hydrogens (tertiary/aromatic N) is 1. The van der Waals surface area contributed by atoms with Crippen LogP contribution in [0.3, 0.4) is 0 Å². The molecule has 0 spiro atoms. The Kier molecular flexibility index (Phi) is 7.75. The van der Waals surface area contributed by atoms with Crippen LogP contribution in [0.15, 0.2) is 30.3 Å². The predicted octanol–water partition coefficient (Wildman–Crippen LogP) is 3.62. The average Bonchev–Trinajstić information content (AvgIpc) is 2.66. The fraction of sp³-hybridized carbons (Fsp3) is 0.591. The molecule has 1 aliphatic rings. The highest BCUT2D eigenvalue weighted by molar-refractivity contribution is 6.03. The lowest BCUT2D eigenvalue weighted by molar-refractivity contribution is -0.138. The summed E-state index contributed by atoms with van der Waals surface area (Å²) in [4.78, 5) is 38.7. The molecule has 0 saturated carbocycles. The van der Waals surface area contributed by atoms with Crippen molar-refractivity contribution < 1.29 is 23.9 Å². The zero-order valence-corrected chi connectivity index (χ0v) is 17.3. The number of amides is 1. The van der Waals surface area contributed by atoms with Gasteiger partial charge in [-0.1, -0.05) is 30.3 Å². The van der Waals surface area contributed by atoms with Crippen molar-refractivity contribution in [1.82, 2.24) is 4.90 Å². The first-order valence-electron chi connectivity index (χ1n) is 9.83. The molecule has 0 radical (unpaired) electrons. The maximum Gasteiger partial charge on any atom is 0.410 e. The van der Waals surface area contributed by atoms with Crippen molar-refractivity contribution >= 4 is 17.7 Å². The van der Waals surface area contributed by atoms with E-state index in [-0.39, 0.29) is 30.2 Å². The summed E-state index contributed by atoms with van der Waals surface area (Å²) in [6, 6.07) is 9.60. The minimum Gasteiger partial charge on any atom is -0.444 e. The van der Waals surface area contributed by atoms with Gasteiger partial charge in [0.2, 0.25) is 0 Å². The van der Waals surface area contributed by atoms with E-state index in [0.717, 1.165) is 5.56 Å². The van der Waals surface area contributed by atoms with E-state index < -0.39 is 11.5 Å². The Bertz CT molecular complexity index is 672. The molecule has 1 fully saturated rings. The Hall–Kier alpha value is -2.21. The molecule has 2 rings (SSSR count). The van der Waals surface area contributed by atoms with Crippen molar-refractivity contribution in [2.24, 2.45) is 11.8 Å². The van der Waals surface area contributed by atoms with Crippen LogP contribution >= 0.6 is 0 Å². The van der Waals surface area contributed by atoms with Crippen molar-refractivity contribution in [2.45, 2.75) is 52.7 Å². The number of likely N-dealkylation sites (tertiary alicyclic amines) is 1. The van der Waals surface area contributed by atoms with Gasteiger partial charge in [0, 0.05) is 19.0 Å². The molecule has 1 aliphatic heterocycles. The maximum atomic E-state index is 12.7. The molecule has 0 aromatic heterocycles. The Morgan fingerprint density at radius 2 is 1.71 bits per heavy atom. The summed E-state index contributed by atoms with van der Waals surface area (Å²) in [5, 5.41) is 0. The summed E-state index contributed by atoms with van der Waals surface area (Å²) in [6.45, 7) is 8.35. The van der Waals surface area contributed by atoms with Gasteiger partial charge in [-0.3, -0.25) is 9.59 Å². The number of ether oxygens (including phenoxy) is 2. The molecule has 1 aromatic rings. The summed E-state index contributed by atoms with van der Waals surface area (Å²) < 4.78 is 10.8. The predicted molar refractivity (Wildman–Crippen MR) is 106 cm³/mol. The Morgan fingerprint density at radius 1 is 1.11 bits per heavy atom. The van der Waals surface area contributed by atoms with E-state index >= 15 is 0 Å². The topological polar surface area (TPSA) is 72.9 Å². The molecule has 0 bridgehead atoms. The zero-order valence-electron chi connectivity index (χ0n) is 17.3. The van der Waals surface area contributed by atoms with Crippen LogP contribution in [0.25, 0.3) is 0 Å². The van der Waals surface area contributed by atoms with Gasteiger partial charge in [0.15, 0.2) is 5.78 Å². The molecule has 0 aliphatic carbocycles. The molecular formula is C22H31NO5. The first kappa shape index (κ1) is 22.1. The van der Waals surface area contributed by atoms with Gasteiger partial charge in [0.25, 0.3) is 0 Å². The Balaban J connectivity index is 1.75. The third kappa shape index (κ3) is 6.75.